The first-order valence-electron chi connectivity index (χ1n) is 60.3. The minimum absolute atomic E-state index is 0. The standard InChI is InChI=1S/2C33H58O2.2C31H54O2.3CH4/c2*1-8-25(23(2)3)11-10-24(4)29-14-15-30-28-13-12-26-22-27(35-21-9-20-34-7)16-18-32(26,5)31(28)17-19-33(29,30)6;2*1-22(2)9-7-10-23(3)27-13-14-28-26-12-11-24-21-25(33-20-8-19-32-6)15-17-30(24,4)29(26)16-18-31(27,28)5;;;/h2*12,23-25,27-31H,8-11,13-22H2,1-7H3;2*11,22-23,25-29H,7-10,12-21H2,1-6H3;3*1H4/t24-,25-,27+,28+,29-,30+,31+,32+,33-;;23-,25+,26+,27-,28+,29+,30+,31-;;;;/m1.1..../s1. The fraction of sp³-hybridized carbons (Fsp3) is 0.939. The van der Waals surface area contributed by atoms with Gasteiger partial charge in [-0.1, -0.05) is 285 Å². The molecule has 0 N–H and O–H groups in total. The number of ether oxygens (including phenoxy) is 8. The van der Waals surface area contributed by atoms with Gasteiger partial charge in [0.25, 0.3) is 0 Å². The van der Waals surface area contributed by atoms with E-state index in [0.29, 0.717) is 67.7 Å². The van der Waals surface area contributed by atoms with Gasteiger partial charge in [0.05, 0.1) is 24.4 Å². The van der Waals surface area contributed by atoms with Crippen LogP contribution in [0.25, 0.3) is 0 Å². The number of fused-ring (bicyclic) bond motifs is 20. The van der Waals surface area contributed by atoms with Gasteiger partial charge in [-0.05, 0) is 441 Å². The smallest absolute Gasteiger partial charge is 0.0612 e. The lowest BCUT2D eigenvalue weighted by Gasteiger charge is -2.58. The molecule has 16 aliphatic carbocycles. The van der Waals surface area contributed by atoms with Crippen LogP contribution < -0.4 is 0 Å². The second kappa shape index (κ2) is 53.6. The molecule has 0 heterocycles. The Balaban J connectivity index is 0.000000190. The highest BCUT2D eigenvalue weighted by atomic mass is 16.5. The summed E-state index contributed by atoms with van der Waals surface area (Å²) in [4.78, 5) is 0. The molecule has 0 aromatic rings. The molecule has 0 saturated heterocycles. The average Bonchev–Trinajstić information content (AvgIpc) is 1.54. The summed E-state index contributed by atoms with van der Waals surface area (Å²) in [6.45, 7) is 62.6. The Bertz CT molecular complexity index is 3460. The van der Waals surface area contributed by atoms with Crippen LogP contribution in [0.3, 0.4) is 0 Å². The number of methoxy groups -OCH3 is 4. The normalized spacial score (nSPS) is 40.0. The minimum Gasteiger partial charge on any atom is -0.385 e. The molecule has 16 aliphatic rings. The number of rotatable bonds is 42. The summed E-state index contributed by atoms with van der Waals surface area (Å²) >= 11 is 0. The first-order valence-corrected chi connectivity index (χ1v) is 60.3. The quantitative estimate of drug-likeness (QED) is 0.0442. The molecule has 808 valence electrons. The second-order valence-corrected chi connectivity index (χ2v) is 54.8. The molecule has 0 bridgehead atoms. The van der Waals surface area contributed by atoms with Crippen molar-refractivity contribution in [3.05, 3.63) is 46.6 Å². The molecule has 0 aliphatic heterocycles. The van der Waals surface area contributed by atoms with Gasteiger partial charge in [-0.15, -0.1) is 0 Å². The van der Waals surface area contributed by atoms with E-state index in [0.717, 1.165) is 232 Å². The Kier molecular flexibility index (Phi) is 46.1. The van der Waals surface area contributed by atoms with Crippen molar-refractivity contribution in [2.24, 2.45) is 197 Å². The Morgan fingerprint density at radius 1 is 0.259 bits per heavy atom. The Hall–Kier alpha value is -1.36. The van der Waals surface area contributed by atoms with Gasteiger partial charge in [0.1, 0.15) is 0 Å². The van der Waals surface area contributed by atoms with Gasteiger partial charge in [0.2, 0.25) is 0 Å². The SMILES string of the molecule is C.C.C.CCC(CCC(C)C1CCC2C3CC=C4CC(OCCCOC)CCC4(C)C3CCC12C)C(C)C.CC[C@H](CC[C@@H](C)[C@H]1CC[C@H]2[C@@H]3CC=C4C[C@@H](OCCCOC)CC[C@]4(C)[C@H]3CC[C@]12C)C(C)C.COCCCOC1CCC2(C)C(=CCC3C2CCC2(C)C(C(C)CCCC(C)C)CCC32)C1.COCCCO[C@H]1CC[C@@]2(C)C(=CC[C@H]3[C@@H]4CC[C@H]([C@H](C)CCCC(C)C)[C@@]4(C)CC[C@@H]32)C1. The molecule has 8 nitrogen and oxygen atoms in total. The predicted octanol–water partition coefficient (Wildman–Crippen LogP) is 37.0. The van der Waals surface area contributed by atoms with Crippen LogP contribution in [-0.4, -0.2) is 106 Å². The first-order chi connectivity index (χ1) is 65.1. The summed E-state index contributed by atoms with van der Waals surface area (Å²) in [6, 6.07) is 0. The highest BCUT2D eigenvalue weighted by molar-refractivity contribution is 5.30. The maximum atomic E-state index is 6.28. The summed E-state index contributed by atoms with van der Waals surface area (Å²) in [5.74, 6) is 23.9. The average molecular weight is 1940 g/mol. The van der Waals surface area contributed by atoms with Crippen LogP contribution in [0.5, 0.6) is 0 Å². The van der Waals surface area contributed by atoms with E-state index in [1.54, 1.807) is 50.7 Å². The molecule has 16 rings (SSSR count). The van der Waals surface area contributed by atoms with Crippen molar-refractivity contribution in [3.8, 4) is 0 Å². The lowest BCUT2D eigenvalue weighted by Crippen LogP contribution is -2.51. The van der Waals surface area contributed by atoms with Crippen LogP contribution >= 0.6 is 0 Å². The van der Waals surface area contributed by atoms with E-state index in [1.165, 1.54) is 283 Å². The first kappa shape index (κ1) is 120. The van der Waals surface area contributed by atoms with Crippen LogP contribution in [0, 0.1) is 197 Å². The maximum absolute atomic E-state index is 6.28. The lowest BCUT2D eigenvalue weighted by atomic mass is 9.47. The lowest BCUT2D eigenvalue weighted by molar-refractivity contribution is -0.0648. The zero-order chi connectivity index (χ0) is 97.7. The van der Waals surface area contributed by atoms with Crippen molar-refractivity contribution in [2.75, 3.05) is 81.3 Å². The molecule has 139 heavy (non-hydrogen) atoms. The van der Waals surface area contributed by atoms with Crippen molar-refractivity contribution in [1.82, 2.24) is 0 Å². The largest absolute Gasteiger partial charge is 0.385 e. The second-order valence-electron chi connectivity index (χ2n) is 54.8. The summed E-state index contributed by atoms with van der Waals surface area (Å²) in [5.41, 5.74) is 11.2. The van der Waals surface area contributed by atoms with E-state index < -0.39 is 0 Å². The summed E-state index contributed by atoms with van der Waals surface area (Å²) in [6.07, 6.45) is 78.0. The van der Waals surface area contributed by atoms with E-state index in [4.69, 9.17) is 37.9 Å². The molecule has 8 heteroatoms. The fourth-order valence-electron chi connectivity index (χ4n) is 38.3. The van der Waals surface area contributed by atoms with Gasteiger partial charge >= 0.3 is 0 Å². The maximum Gasteiger partial charge on any atom is 0.0612 e. The van der Waals surface area contributed by atoms with Crippen LogP contribution in [0.15, 0.2) is 46.6 Å². The third-order valence-electron chi connectivity index (χ3n) is 46.5. The van der Waals surface area contributed by atoms with Gasteiger partial charge in [-0.2, -0.15) is 0 Å². The Morgan fingerprint density at radius 3 is 0.698 bits per heavy atom. The van der Waals surface area contributed by atoms with Gasteiger partial charge in [-0.3, -0.25) is 0 Å². The molecular weight excluding hydrogens is 1700 g/mol. The predicted molar refractivity (Wildman–Crippen MR) is 596 cm³/mol. The van der Waals surface area contributed by atoms with Crippen molar-refractivity contribution in [3.63, 3.8) is 0 Å². The zero-order valence-electron chi connectivity index (χ0n) is 94.5. The zero-order valence-corrected chi connectivity index (χ0v) is 94.5. The molecule has 0 radical (unpaired) electrons. The van der Waals surface area contributed by atoms with E-state index in [9.17, 15) is 0 Å². The van der Waals surface area contributed by atoms with Gasteiger partial charge in [0.15, 0.2) is 0 Å². The minimum atomic E-state index is 0. The Labute approximate surface area is 864 Å². The van der Waals surface area contributed by atoms with E-state index in [-0.39, 0.29) is 22.3 Å². The molecule has 12 fully saturated rings. The van der Waals surface area contributed by atoms with E-state index in [1.807, 2.05) is 0 Å². The summed E-state index contributed by atoms with van der Waals surface area (Å²) in [7, 11) is 7.13. The molecule has 0 spiro atoms. The summed E-state index contributed by atoms with van der Waals surface area (Å²) in [5, 5.41) is 0. The van der Waals surface area contributed by atoms with Gasteiger partial charge < -0.3 is 37.9 Å². The third-order valence-corrected chi connectivity index (χ3v) is 46.5. The topological polar surface area (TPSA) is 73.8 Å². The molecular formula is C131H236O8. The fourth-order valence-corrected chi connectivity index (χ4v) is 38.3. The highest BCUT2D eigenvalue weighted by Gasteiger charge is 2.65. The molecule has 0 amide bonds. The molecule has 17 unspecified atom stereocenters. The van der Waals surface area contributed by atoms with Crippen LogP contribution in [0.4, 0.5) is 0 Å². The van der Waals surface area contributed by atoms with Crippen molar-refractivity contribution < 1.29 is 37.9 Å². The molecule has 12 saturated carbocycles. The van der Waals surface area contributed by atoms with Crippen LogP contribution in [-0.2, 0) is 37.9 Å². The molecule has 34 atom stereocenters. The Morgan fingerprint density at radius 2 is 0.489 bits per heavy atom. The third kappa shape index (κ3) is 26.7. The van der Waals surface area contributed by atoms with E-state index >= 15 is 0 Å². The van der Waals surface area contributed by atoms with Gasteiger partial charge in [0, 0.05) is 81.3 Å². The molecule has 0 aromatic heterocycles. The number of allylic oxidation sites excluding steroid dienone is 4. The van der Waals surface area contributed by atoms with Crippen molar-refractivity contribution in [1.29, 1.82) is 0 Å². The monoisotopic (exact) mass is 1940 g/mol. The highest BCUT2D eigenvalue weighted by Crippen LogP contribution is 2.73. The summed E-state index contributed by atoms with van der Waals surface area (Å²) < 4.78 is 45.9. The van der Waals surface area contributed by atoms with Gasteiger partial charge in [-0.25, -0.2) is 0 Å². The molecule has 0 aromatic carbocycles. The van der Waals surface area contributed by atoms with Crippen LogP contribution in [0.1, 0.15) is 483 Å². The van der Waals surface area contributed by atoms with Crippen molar-refractivity contribution >= 4 is 0 Å². The van der Waals surface area contributed by atoms with E-state index in [2.05, 4.69) is 177 Å². The number of hydrogen-bond acceptors (Lipinski definition) is 8. The van der Waals surface area contributed by atoms with Crippen LogP contribution in [0.2, 0.25) is 0 Å². The number of hydrogen-bond donors (Lipinski definition) is 0. The van der Waals surface area contributed by atoms with Crippen molar-refractivity contribution in [2.45, 2.75) is 507 Å².